The van der Waals surface area contributed by atoms with Gasteiger partial charge in [0.25, 0.3) is 11.8 Å². The molecule has 3 rings (SSSR count). The molecule has 1 N–H and O–H groups in total. The molecule has 0 bridgehead atoms. The SMILES string of the molecule is CC(C)CCC(=O)N([C@@H](CCCc1ccccc1)C(=O)NO[C@@H]1CCCCO1)N(CC(C)C)C(=O)CC(=O)n1ccnc1. The van der Waals surface area contributed by atoms with E-state index in [-0.39, 0.29) is 37.1 Å². The van der Waals surface area contributed by atoms with Crippen LogP contribution < -0.4 is 5.48 Å². The molecule has 1 aromatic carbocycles. The molecule has 236 valence electrons. The molecule has 0 radical (unpaired) electrons. The number of nitrogens with zero attached hydrogens (tertiary/aromatic N) is 4. The number of carbonyl (C=O) groups excluding carboxylic acids is 4. The molecule has 1 aromatic heterocycles. The first-order valence-electron chi connectivity index (χ1n) is 15.4. The van der Waals surface area contributed by atoms with Crippen LogP contribution in [0.25, 0.3) is 0 Å². The topological polar surface area (TPSA) is 123 Å². The van der Waals surface area contributed by atoms with Crippen molar-refractivity contribution < 1.29 is 28.8 Å². The molecule has 0 saturated carbocycles. The van der Waals surface area contributed by atoms with Crippen LogP contribution in [-0.2, 0) is 30.4 Å². The third kappa shape index (κ3) is 11.2. The average molecular weight is 598 g/mol. The second-order valence-corrected chi connectivity index (χ2v) is 11.9. The van der Waals surface area contributed by atoms with Crippen molar-refractivity contribution in [3.63, 3.8) is 0 Å². The molecule has 3 amide bonds. The summed E-state index contributed by atoms with van der Waals surface area (Å²) in [5.41, 5.74) is 3.64. The number of aryl methyl sites for hydroxylation is 1. The number of rotatable bonds is 15. The van der Waals surface area contributed by atoms with Gasteiger partial charge in [0.2, 0.25) is 11.8 Å². The molecule has 1 aliphatic rings. The van der Waals surface area contributed by atoms with E-state index in [0.29, 0.717) is 32.3 Å². The third-order valence-electron chi connectivity index (χ3n) is 7.18. The van der Waals surface area contributed by atoms with Crippen molar-refractivity contribution in [2.45, 2.75) is 97.8 Å². The van der Waals surface area contributed by atoms with E-state index < -0.39 is 36.5 Å². The van der Waals surface area contributed by atoms with Crippen LogP contribution >= 0.6 is 0 Å². The lowest BCUT2D eigenvalue weighted by Crippen LogP contribution is -2.60. The molecule has 2 atom stereocenters. The molecule has 11 nitrogen and oxygen atoms in total. The fourth-order valence-electron chi connectivity index (χ4n) is 4.88. The van der Waals surface area contributed by atoms with Gasteiger partial charge in [0.15, 0.2) is 6.29 Å². The van der Waals surface area contributed by atoms with Crippen LogP contribution in [0.4, 0.5) is 0 Å². The Morgan fingerprint density at radius 3 is 2.44 bits per heavy atom. The van der Waals surface area contributed by atoms with E-state index in [2.05, 4.69) is 10.5 Å². The highest BCUT2D eigenvalue weighted by atomic mass is 16.8. The van der Waals surface area contributed by atoms with Crippen LogP contribution in [-0.4, -0.2) is 68.7 Å². The predicted molar refractivity (Wildman–Crippen MR) is 161 cm³/mol. The molecule has 0 unspecified atom stereocenters. The minimum atomic E-state index is -1.04. The lowest BCUT2D eigenvalue weighted by molar-refractivity contribution is -0.206. The van der Waals surface area contributed by atoms with E-state index in [1.54, 1.807) is 0 Å². The molecular weight excluding hydrogens is 550 g/mol. The summed E-state index contributed by atoms with van der Waals surface area (Å²) in [7, 11) is 0. The van der Waals surface area contributed by atoms with Gasteiger partial charge in [0, 0.05) is 38.4 Å². The molecule has 2 heterocycles. The van der Waals surface area contributed by atoms with Crippen molar-refractivity contribution in [2.75, 3.05) is 13.2 Å². The van der Waals surface area contributed by atoms with E-state index in [1.807, 2.05) is 58.0 Å². The fraction of sp³-hybridized carbons (Fsp3) is 0.594. The summed E-state index contributed by atoms with van der Waals surface area (Å²) in [5, 5.41) is 2.59. The van der Waals surface area contributed by atoms with Crippen LogP contribution in [0.3, 0.4) is 0 Å². The van der Waals surface area contributed by atoms with E-state index in [0.717, 1.165) is 18.4 Å². The first-order chi connectivity index (χ1) is 20.7. The van der Waals surface area contributed by atoms with Crippen LogP contribution in [0, 0.1) is 11.8 Å². The number of hydroxylamine groups is 1. The van der Waals surface area contributed by atoms with Gasteiger partial charge in [-0.25, -0.2) is 20.3 Å². The number of ether oxygens (including phenoxy) is 1. The second-order valence-electron chi connectivity index (χ2n) is 11.9. The van der Waals surface area contributed by atoms with E-state index >= 15 is 0 Å². The van der Waals surface area contributed by atoms with Gasteiger partial charge in [-0.05, 0) is 55.9 Å². The van der Waals surface area contributed by atoms with Gasteiger partial charge >= 0.3 is 0 Å². The van der Waals surface area contributed by atoms with Crippen molar-refractivity contribution in [2.24, 2.45) is 11.8 Å². The van der Waals surface area contributed by atoms with E-state index in [1.165, 1.54) is 33.3 Å². The molecule has 1 saturated heterocycles. The van der Waals surface area contributed by atoms with Gasteiger partial charge in [-0.1, -0.05) is 58.0 Å². The molecule has 11 heteroatoms. The molecule has 2 aromatic rings. The normalized spacial score (nSPS) is 15.7. The zero-order chi connectivity index (χ0) is 31.2. The molecular formula is C32H47N5O6. The molecule has 1 aliphatic heterocycles. The Bertz CT molecular complexity index is 1150. The number of aromatic nitrogens is 2. The van der Waals surface area contributed by atoms with Crippen molar-refractivity contribution in [1.82, 2.24) is 25.0 Å². The molecule has 0 spiro atoms. The van der Waals surface area contributed by atoms with Gasteiger partial charge in [-0.15, -0.1) is 0 Å². The summed E-state index contributed by atoms with van der Waals surface area (Å²) in [6.45, 7) is 8.56. The highest BCUT2D eigenvalue weighted by molar-refractivity contribution is 5.99. The number of amides is 3. The Morgan fingerprint density at radius 2 is 1.81 bits per heavy atom. The zero-order valence-electron chi connectivity index (χ0n) is 25.9. The second kappa shape index (κ2) is 17.5. The maximum Gasteiger partial charge on any atom is 0.268 e. The fourth-order valence-corrected chi connectivity index (χ4v) is 4.88. The summed E-state index contributed by atoms with van der Waals surface area (Å²) >= 11 is 0. The number of hydrogen-bond acceptors (Lipinski definition) is 7. The molecule has 0 aliphatic carbocycles. The standard InChI is InChI=1S/C32H47N5O6/c1-24(2)16-17-28(38)37(36(22-25(3)4)30(40)21-29(39)35-19-18-33-23-35)27(14-10-13-26-11-6-5-7-12-26)32(41)34-43-31-15-8-9-20-42-31/h5-7,11-12,18-19,23-25,27,31H,8-10,13-17,20-22H2,1-4H3,(H,34,41)/t27-,31+/m0/s1. The zero-order valence-corrected chi connectivity index (χ0v) is 25.9. The van der Waals surface area contributed by atoms with Gasteiger partial charge in [-0.2, -0.15) is 0 Å². The smallest absolute Gasteiger partial charge is 0.268 e. The number of hydrazine groups is 1. The lowest BCUT2D eigenvalue weighted by Gasteiger charge is -2.40. The first-order valence-corrected chi connectivity index (χ1v) is 15.4. The highest BCUT2D eigenvalue weighted by Crippen LogP contribution is 2.21. The van der Waals surface area contributed by atoms with Gasteiger partial charge in [-0.3, -0.25) is 28.8 Å². The van der Waals surface area contributed by atoms with Gasteiger partial charge < -0.3 is 4.74 Å². The van der Waals surface area contributed by atoms with E-state index in [9.17, 15) is 19.2 Å². The Balaban J connectivity index is 1.92. The summed E-state index contributed by atoms with van der Waals surface area (Å²) in [5.74, 6) is -1.75. The summed E-state index contributed by atoms with van der Waals surface area (Å²) in [6.07, 6.45) is 7.95. The predicted octanol–water partition coefficient (Wildman–Crippen LogP) is 4.54. The number of carbonyl (C=O) groups is 4. The largest absolute Gasteiger partial charge is 0.350 e. The summed E-state index contributed by atoms with van der Waals surface area (Å²) < 4.78 is 6.84. The minimum absolute atomic E-state index is 0.0485. The highest BCUT2D eigenvalue weighted by Gasteiger charge is 2.38. The van der Waals surface area contributed by atoms with Gasteiger partial charge in [0.1, 0.15) is 18.8 Å². The lowest BCUT2D eigenvalue weighted by atomic mass is 10.0. The number of hydrogen-bond donors (Lipinski definition) is 1. The van der Waals surface area contributed by atoms with E-state index in [4.69, 9.17) is 9.57 Å². The quantitative estimate of drug-likeness (QED) is 0.236. The Hall–Kier alpha value is -3.57. The summed E-state index contributed by atoms with van der Waals surface area (Å²) in [4.78, 5) is 64.0. The van der Waals surface area contributed by atoms with Crippen LogP contribution in [0.2, 0.25) is 0 Å². The first kappa shape index (κ1) is 33.9. The summed E-state index contributed by atoms with van der Waals surface area (Å²) in [6, 6.07) is 8.85. The Morgan fingerprint density at radius 1 is 1.05 bits per heavy atom. The number of nitrogens with one attached hydrogen (secondary N) is 1. The van der Waals surface area contributed by atoms with Crippen LogP contribution in [0.15, 0.2) is 49.1 Å². The van der Waals surface area contributed by atoms with Crippen molar-refractivity contribution in [3.8, 4) is 0 Å². The number of benzene rings is 1. The minimum Gasteiger partial charge on any atom is -0.350 e. The maximum atomic E-state index is 14.0. The van der Waals surface area contributed by atoms with Crippen molar-refractivity contribution in [1.29, 1.82) is 0 Å². The van der Waals surface area contributed by atoms with Crippen LogP contribution in [0.5, 0.6) is 0 Å². The van der Waals surface area contributed by atoms with Crippen molar-refractivity contribution >= 4 is 23.6 Å². The molecule has 43 heavy (non-hydrogen) atoms. The Kier molecular flexibility index (Phi) is 13.8. The van der Waals surface area contributed by atoms with Crippen LogP contribution in [0.1, 0.15) is 89.4 Å². The number of imidazole rings is 1. The monoisotopic (exact) mass is 597 g/mol. The average Bonchev–Trinajstić information content (AvgIpc) is 3.54. The van der Waals surface area contributed by atoms with Crippen molar-refractivity contribution in [3.05, 3.63) is 54.6 Å². The maximum absolute atomic E-state index is 14.0. The Labute approximate surface area is 254 Å². The van der Waals surface area contributed by atoms with Gasteiger partial charge in [0.05, 0.1) is 0 Å². The molecule has 1 fully saturated rings. The third-order valence-corrected chi connectivity index (χ3v) is 7.18.